The van der Waals surface area contributed by atoms with E-state index in [0.717, 1.165) is 0 Å². The van der Waals surface area contributed by atoms with Gasteiger partial charge in [-0.25, -0.2) is 4.79 Å². The van der Waals surface area contributed by atoms with Crippen LogP contribution in [-0.2, 0) is 24.0 Å². The molecule has 0 heterocycles. The highest BCUT2D eigenvalue weighted by Crippen LogP contribution is 2.10. The molecule has 0 aliphatic carbocycles. The van der Waals surface area contributed by atoms with Gasteiger partial charge in [0.1, 0.15) is 18.1 Å². The maximum atomic E-state index is 12.9. The number of nitrogens with zero attached hydrogens (tertiary/aromatic N) is 1. The fraction of sp³-hybridized carbons (Fsp3) is 0.700. The summed E-state index contributed by atoms with van der Waals surface area (Å²) >= 11 is 0. The number of hydrogen-bond acceptors (Lipinski definition) is 7. The molecule has 5 atom stereocenters. The third-order valence-electron chi connectivity index (χ3n) is 5.05. The summed E-state index contributed by atoms with van der Waals surface area (Å²) in [5.41, 5.74) is 16.0. The first-order valence-corrected chi connectivity index (χ1v) is 11.0. The summed E-state index contributed by atoms with van der Waals surface area (Å²) in [5, 5.41) is 25.7. The Bertz CT molecular complexity index is 754. The first-order chi connectivity index (χ1) is 15.8. The Balaban J connectivity index is 5.50. The second kappa shape index (κ2) is 15.4. The van der Waals surface area contributed by atoms with Crippen molar-refractivity contribution in [2.45, 2.75) is 77.0 Å². The lowest BCUT2D eigenvalue weighted by atomic mass is 9.97. The number of carbonyl (C=O) groups excluding carboxylic acids is 3. The van der Waals surface area contributed by atoms with Gasteiger partial charge in [-0.15, -0.1) is 0 Å². The zero-order valence-corrected chi connectivity index (χ0v) is 19.7. The average molecular weight is 488 g/mol. The van der Waals surface area contributed by atoms with Gasteiger partial charge in [-0.1, -0.05) is 20.3 Å². The Morgan fingerprint density at radius 2 is 1.47 bits per heavy atom. The minimum Gasteiger partial charge on any atom is -0.481 e. The number of nitrogens with two attached hydrogens (primary N) is 3. The minimum absolute atomic E-state index is 0.00259. The van der Waals surface area contributed by atoms with Gasteiger partial charge < -0.3 is 43.4 Å². The van der Waals surface area contributed by atoms with Gasteiger partial charge in [0.15, 0.2) is 5.96 Å². The Morgan fingerprint density at radius 3 is 1.94 bits per heavy atom. The summed E-state index contributed by atoms with van der Waals surface area (Å²) in [5.74, 6) is -5.16. The monoisotopic (exact) mass is 487 g/mol. The molecule has 14 nitrogen and oxygen atoms in total. The van der Waals surface area contributed by atoms with E-state index >= 15 is 0 Å². The van der Waals surface area contributed by atoms with Crippen LogP contribution in [-0.4, -0.2) is 76.5 Å². The maximum Gasteiger partial charge on any atom is 0.326 e. The number of rotatable bonds is 16. The first kappa shape index (κ1) is 30.6. The Morgan fingerprint density at radius 1 is 0.882 bits per heavy atom. The van der Waals surface area contributed by atoms with Gasteiger partial charge in [0.2, 0.25) is 17.7 Å². The molecule has 3 amide bonds. The molecular formula is C20H37N7O7. The first-order valence-electron chi connectivity index (χ1n) is 11.0. The molecule has 0 fully saturated rings. The van der Waals surface area contributed by atoms with E-state index in [-0.39, 0.29) is 37.7 Å². The van der Waals surface area contributed by atoms with E-state index in [4.69, 9.17) is 22.3 Å². The number of carbonyl (C=O) groups is 5. The number of aliphatic carboxylic acids is 2. The molecule has 11 N–H and O–H groups in total. The predicted octanol–water partition coefficient (Wildman–Crippen LogP) is -2.16. The molecule has 0 saturated carbocycles. The van der Waals surface area contributed by atoms with E-state index in [2.05, 4.69) is 20.9 Å². The maximum absolute atomic E-state index is 12.9. The topological polar surface area (TPSA) is 252 Å². The molecule has 0 aliphatic rings. The molecule has 5 unspecified atom stereocenters. The predicted molar refractivity (Wildman–Crippen MR) is 123 cm³/mol. The zero-order valence-electron chi connectivity index (χ0n) is 19.7. The van der Waals surface area contributed by atoms with Crippen LogP contribution in [0.15, 0.2) is 4.99 Å². The largest absolute Gasteiger partial charge is 0.481 e. The van der Waals surface area contributed by atoms with Crippen molar-refractivity contribution in [3.63, 3.8) is 0 Å². The van der Waals surface area contributed by atoms with Crippen molar-refractivity contribution in [1.82, 2.24) is 16.0 Å². The fourth-order valence-electron chi connectivity index (χ4n) is 2.82. The van der Waals surface area contributed by atoms with Crippen LogP contribution < -0.4 is 33.2 Å². The van der Waals surface area contributed by atoms with Crippen LogP contribution in [0.1, 0.15) is 52.9 Å². The molecule has 0 saturated heterocycles. The van der Waals surface area contributed by atoms with Crippen LogP contribution in [0.2, 0.25) is 0 Å². The third-order valence-corrected chi connectivity index (χ3v) is 5.05. The van der Waals surface area contributed by atoms with Crippen LogP contribution in [0.25, 0.3) is 0 Å². The highest BCUT2D eigenvalue weighted by molar-refractivity contribution is 5.94. The van der Waals surface area contributed by atoms with Gasteiger partial charge in [-0.3, -0.25) is 24.2 Å². The van der Waals surface area contributed by atoms with Crippen molar-refractivity contribution < 1.29 is 34.2 Å². The fourth-order valence-corrected chi connectivity index (χ4v) is 2.82. The van der Waals surface area contributed by atoms with Crippen LogP contribution >= 0.6 is 0 Å². The molecule has 194 valence electrons. The summed E-state index contributed by atoms with van der Waals surface area (Å²) in [6.45, 7) is 5.12. The lowest BCUT2D eigenvalue weighted by molar-refractivity contribution is -0.143. The summed E-state index contributed by atoms with van der Waals surface area (Å²) in [6, 6.07) is -4.56. The van der Waals surface area contributed by atoms with Crippen molar-refractivity contribution in [2.24, 2.45) is 28.1 Å². The Kier molecular flexibility index (Phi) is 13.9. The van der Waals surface area contributed by atoms with Gasteiger partial charge in [-0.2, -0.15) is 0 Å². The molecule has 0 radical (unpaired) electrons. The van der Waals surface area contributed by atoms with Gasteiger partial charge in [0.25, 0.3) is 0 Å². The number of hydrogen-bond donors (Lipinski definition) is 8. The van der Waals surface area contributed by atoms with Crippen molar-refractivity contribution >= 4 is 35.6 Å². The summed E-state index contributed by atoms with van der Waals surface area (Å²) in [7, 11) is 0. The lowest BCUT2D eigenvalue weighted by Gasteiger charge is -2.27. The average Bonchev–Trinajstić information content (AvgIpc) is 2.75. The van der Waals surface area contributed by atoms with Crippen LogP contribution in [0.5, 0.6) is 0 Å². The number of nitrogens with one attached hydrogen (secondary N) is 3. The minimum atomic E-state index is -1.35. The smallest absolute Gasteiger partial charge is 0.326 e. The van der Waals surface area contributed by atoms with E-state index < -0.39 is 60.2 Å². The molecule has 0 aromatic carbocycles. The van der Waals surface area contributed by atoms with Gasteiger partial charge in [-0.05, 0) is 32.1 Å². The van der Waals surface area contributed by atoms with Crippen molar-refractivity contribution in [2.75, 3.05) is 6.54 Å². The number of amides is 3. The number of carboxylic acid groups (broad SMARTS) is 2. The van der Waals surface area contributed by atoms with E-state index in [0.29, 0.717) is 6.42 Å². The van der Waals surface area contributed by atoms with E-state index in [1.54, 1.807) is 13.8 Å². The Hall–Kier alpha value is -3.42. The molecule has 0 bridgehead atoms. The van der Waals surface area contributed by atoms with Crippen LogP contribution in [0.3, 0.4) is 0 Å². The van der Waals surface area contributed by atoms with Crippen molar-refractivity contribution in [3.8, 4) is 0 Å². The van der Waals surface area contributed by atoms with Crippen molar-refractivity contribution in [1.29, 1.82) is 0 Å². The SMILES string of the molecule is CCC(C)C(NC(=O)C(C)N)C(=O)NC(CCC(=O)O)C(=O)NC(CCCN=C(N)N)C(=O)O. The van der Waals surface area contributed by atoms with Crippen molar-refractivity contribution in [3.05, 3.63) is 0 Å². The van der Waals surface area contributed by atoms with Crippen LogP contribution in [0, 0.1) is 5.92 Å². The third kappa shape index (κ3) is 12.0. The highest BCUT2D eigenvalue weighted by Gasteiger charge is 2.32. The molecule has 14 heteroatoms. The van der Waals surface area contributed by atoms with Gasteiger partial charge in [0, 0.05) is 13.0 Å². The second-order valence-electron chi connectivity index (χ2n) is 8.00. The standard InChI is InChI=1S/C20H37N7O7/c1-4-10(2)15(27-16(30)11(3)21)18(32)25-12(7-8-14(28)29)17(31)26-13(19(33)34)6-5-9-24-20(22)23/h10-13,15H,4-9,21H2,1-3H3,(H,25,32)(H,26,31)(H,27,30)(H,28,29)(H,33,34)(H4,22,23,24). The highest BCUT2D eigenvalue weighted by atomic mass is 16.4. The molecular weight excluding hydrogens is 450 g/mol. The quantitative estimate of drug-likeness (QED) is 0.0664. The van der Waals surface area contributed by atoms with Crippen LogP contribution in [0.4, 0.5) is 0 Å². The molecule has 0 aromatic heterocycles. The van der Waals surface area contributed by atoms with E-state index in [1.165, 1.54) is 6.92 Å². The molecule has 0 aromatic rings. The zero-order chi connectivity index (χ0) is 26.4. The number of guanidine groups is 1. The van der Waals surface area contributed by atoms with E-state index in [1.807, 2.05) is 0 Å². The van der Waals surface area contributed by atoms with Gasteiger partial charge >= 0.3 is 11.9 Å². The normalized spacial score (nSPS) is 15.1. The number of carboxylic acids is 2. The van der Waals surface area contributed by atoms with Gasteiger partial charge in [0.05, 0.1) is 6.04 Å². The second-order valence-corrected chi connectivity index (χ2v) is 8.00. The summed E-state index contributed by atoms with van der Waals surface area (Å²) in [4.78, 5) is 64.1. The lowest BCUT2D eigenvalue weighted by Crippen LogP contribution is -2.58. The van der Waals surface area contributed by atoms with E-state index in [9.17, 15) is 29.1 Å². The molecule has 0 aliphatic heterocycles. The summed E-state index contributed by atoms with van der Waals surface area (Å²) < 4.78 is 0. The molecule has 0 rings (SSSR count). The Labute approximate surface area is 198 Å². The molecule has 34 heavy (non-hydrogen) atoms. The summed E-state index contributed by atoms with van der Waals surface area (Å²) in [6.07, 6.45) is 0.0147. The number of aliphatic imine (C=N–C) groups is 1. The molecule has 0 spiro atoms.